The standard InChI is InChI=1S/C19H25NO6S/c1-13(2)26-16-8-6-14(10-18(16)25-5)12-20-27(21,22)19-11-15(23-3)7-9-17(19)24-4/h6-11,13,20H,12H2,1-5H3. The van der Waals surface area contributed by atoms with E-state index in [-0.39, 0.29) is 23.3 Å². The van der Waals surface area contributed by atoms with Crippen molar-refractivity contribution in [3.05, 3.63) is 42.0 Å². The molecule has 8 heteroatoms. The first-order valence-electron chi connectivity index (χ1n) is 8.36. The number of methoxy groups -OCH3 is 3. The molecule has 0 fully saturated rings. The van der Waals surface area contributed by atoms with Crippen LogP contribution in [0.4, 0.5) is 0 Å². The summed E-state index contributed by atoms with van der Waals surface area (Å²) >= 11 is 0. The van der Waals surface area contributed by atoms with Gasteiger partial charge in [-0.2, -0.15) is 0 Å². The van der Waals surface area contributed by atoms with Crippen molar-refractivity contribution in [2.75, 3.05) is 21.3 Å². The maximum atomic E-state index is 12.7. The molecule has 0 aliphatic heterocycles. The van der Waals surface area contributed by atoms with Crippen LogP contribution in [-0.4, -0.2) is 35.9 Å². The van der Waals surface area contributed by atoms with Crippen molar-refractivity contribution >= 4 is 10.0 Å². The second kappa shape index (κ2) is 8.96. The SMILES string of the molecule is COc1ccc(OC)c(S(=O)(=O)NCc2ccc(OC(C)C)c(OC)c2)c1. The van der Waals surface area contributed by atoms with Gasteiger partial charge in [-0.25, -0.2) is 13.1 Å². The molecule has 1 N–H and O–H groups in total. The van der Waals surface area contributed by atoms with Crippen molar-refractivity contribution in [3.63, 3.8) is 0 Å². The molecular formula is C19H25NO6S. The highest BCUT2D eigenvalue weighted by Gasteiger charge is 2.20. The highest BCUT2D eigenvalue weighted by molar-refractivity contribution is 7.89. The molecule has 0 saturated carbocycles. The van der Waals surface area contributed by atoms with E-state index in [9.17, 15) is 8.42 Å². The minimum atomic E-state index is -3.81. The predicted octanol–water partition coefficient (Wildman–Crippen LogP) is 2.98. The van der Waals surface area contributed by atoms with Crippen LogP contribution in [0, 0.1) is 0 Å². The summed E-state index contributed by atoms with van der Waals surface area (Å²) in [5, 5.41) is 0. The fourth-order valence-electron chi connectivity index (χ4n) is 2.42. The molecule has 0 aromatic heterocycles. The first kappa shape index (κ1) is 20.9. The molecule has 7 nitrogen and oxygen atoms in total. The molecule has 0 radical (unpaired) electrons. The zero-order chi connectivity index (χ0) is 20.0. The van der Waals surface area contributed by atoms with Gasteiger partial charge in [0.25, 0.3) is 0 Å². The molecule has 0 spiro atoms. The number of nitrogens with one attached hydrogen (secondary N) is 1. The van der Waals surface area contributed by atoms with Crippen LogP contribution in [-0.2, 0) is 16.6 Å². The van der Waals surface area contributed by atoms with Gasteiger partial charge in [0, 0.05) is 12.6 Å². The quantitative estimate of drug-likeness (QED) is 0.703. The number of benzene rings is 2. The highest BCUT2D eigenvalue weighted by Crippen LogP contribution is 2.30. The lowest BCUT2D eigenvalue weighted by atomic mass is 10.2. The van der Waals surface area contributed by atoms with E-state index in [0.29, 0.717) is 17.2 Å². The van der Waals surface area contributed by atoms with Crippen LogP contribution in [0.15, 0.2) is 41.3 Å². The lowest BCUT2D eigenvalue weighted by Crippen LogP contribution is -2.24. The molecule has 0 aliphatic rings. The van der Waals surface area contributed by atoms with Gasteiger partial charge < -0.3 is 18.9 Å². The average Bonchev–Trinajstić information content (AvgIpc) is 2.66. The molecule has 27 heavy (non-hydrogen) atoms. The molecule has 148 valence electrons. The first-order chi connectivity index (χ1) is 12.8. The van der Waals surface area contributed by atoms with Crippen molar-refractivity contribution < 1.29 is 27.4 Å². The Kier molecular flexibility index (Phi) is 6.92. The van der Waals surface area contributed by atoms with Crippen LogP contribution in [0.5, 0.6) is 23.0 Å². The van der Waals surface area contributed by atoms with Crippen molar-refractivity contribution in [2.24, 2.45) is 0 Å². The maximum Gasteiger partial charge on any atom is 0.244 e. The topological polar surface area (TPSA) is 83.1 Å². The Bertz CT molecular complexity index is 880. The van der Waals surface area contributed by atoms with Crippen LogP contribution in [0.25, 0.3) is 0 Å². The van der Waals surface area contributed by atoms with Gasteiger partial charge >= 0.3 is 0 Å². The van der Waals surface area contributed by atoms with E-state index in [2.05, 4.69) is 4.72 Å². The largest absolute Gasteiger partial charge is 0.497 e. The van der Waals surface area contributed by atoms with Gasteiger partial charge in [-0.15, -0.1) is 0 Å². The monoisotopic (exact) mass is 395 g/mol. The third-order valence-electron chi connectivity index (χ3n) is 3.72. The second-order valence-electron chi connectivity index (χ2n) is 5.99. The van der Waals surface area contributed by atoms with E-state index in [1.165, 1.54) is 27.4 Å². The average molecular weight is 395 g/mol. The third kappa shape index (κ3) is 5.27. The van der Waals surface area contributed by atoms with Crippen LogP contribution in [0.1, 0.15) is 19.4 Å². The summed E-state index contributed by atoms with van der Waals surface area (Å²) < 4.78 is 49.3. The van der Waals surface area contributed by atoms with E-state index in [4.69, 9.17) is 18.9 Å². The Morgan fingerprint density at radius 2 is 1.56 bits per heavy atom. The predicted molar refractivity (Wildman–Crippen MR) is 102 cm³/mol. The smallest absolute Gasteiger partial charge is 0.244 e. The van der Waals surface area contributed by atoms with Gasteiger partial charge in [-0.3, -0.25) is 0 Å². The second-order valence-corrected chi connectivity index (χ2v) is 7.73. The van der Waals surface area contributed by atoms with Crippen molar-refractivity contribution in [2.45, 2.75) is 31.4 Å². The van der Waals surface area contributed by atoms with Crippen molar-refractivity contribution in [1.29, 1.82) is 0 Å². The molecule has 0 heterocycles. The normalized spacial score (nSPS) is 11.3. The maximum absolute atomic E-state index is 12.7. The van der Waals surface area contributed by atoms with Gasteiger partial charge in [0.15, 0.2) is 11.5 Å². The molecular weight excluding hydrogens is 370 g/mol. The van der Waals surface area contributed by atoms with Gasteiger partial charge in [-0.1, -0.05) is 6.07 Å². The van der Waals surface area contributed by atoms with Gasteiger partial charge in [0.2, 0.25) is 10.0 Å². The summed E-state index contributed by atoms with van der Waals surface area (Å²) in [6.07, 6.45) is 0.00350. The Labute approximate surface area is 160 Å². The number of hydrogen-bond acceptors (Lipinski definition) is 6. The number of hydrogen-bond donors (Lipinski definition) is 1. The summed E-state index contributed by atoms with van der Waals surface area (Å²) in [7, 11) is 0.616. The summed E-state index contributed by atoms with van der Waals surface area (Å²) in [5.41, 5.74) is 0.730. The van der Waals surface area contributed by atoms with Gasteiger partial charge in [0.05, 0.1) is 27.4 Å². The zero-order valence-corrected chi connectivity index (χ0v) is 16.9. The Hall–Kier alpha value is -2.45. The molecule has 0 unspecified atom stereocenters. The minimum Gasteiger partial charge on any atom is -0.497 e. The molecule has 0 bridgehead atoms. The first-order valence-corrected chi connectivity index (χ1v) is 9.84. The lowest BCUT2D eigenvalue weighted by Gasteiger charge is -2.15. The van der Waals surface area contributed by atoms with Gasteiger partial charge in [0.1, 0.15) is 16.4 Å². The number of rotatable bonds is 9. The molecule has 0 amide bonds. The lowest BCUT2D eigenvalue weighted by molar-refractivity contribution is 0.230. The zero-order valence-electron chi connectivity index (χ0n) is 16.1. The van der Waals surface area contributed by atoms with E-state index in [1.54, 1.807) is 30.3 Å². The minimum absolute atomic E-state index is 0.00350. The van der Waals surface area contributed by atoms with E-state index in [1.807, 2.05) is 13.8 Å². The molecule has 0 aliphatic carbocycles. The third-order valence-corrected chi connectivity index (χ3v) is 5.14. The van der Waals surface area contributed by atoms with E-state index < -0.39 is 10.0 Å². The summed E-state index contributed by atoms with van der Waals surface area (Å²) in [6, 6.07) is 9.88. The van der Waals surface area contributed by atoms with Crippen LogP contribution in [0.3, 0.4) is 0 Å². The fourth-order valence-corrected chi connectivity index (χ4v) is 3.62. The van der Waals surface area contributed by atoms with Crippen molar-refractivity contribution in [1.82, 2.24) is 4.72 Å². The molecule has 0 saturated heterocycles. The van der Waals surface area contributed by atoms with Crippen LogP contribution < -0.4 is 23.7 Å². The fraction of sp³-hybridized carbons (Fsp3) is 0.368. The molecule has 2 aromatic carbocycles. The van der Waals surface area contributed by atoms with Crippen LogP contribution in [0.2, 0.25) is 0 Å². The molecule has 2 aromatic rings. The Morgan fingerprint density at radius 1 is 0.889 bits per heavy atom. The molecule has 2 rings (SSSR count). The van der Waals surface area contributed by atoms with Gasteiger partial charge in [-0.05, 0) is 43.7 Å². The van der Waals surface area contributed by atoms with E-state index in [0.717, 1.165) is 5.56 Å². The van der Waals surface area contributed by atoms with Crippen LogP contribution >= 0.6 is 0 Å². The van der Waals surface area contributed by atoms with Crippen molar-refractivity contribution in [3.8, 4) is 23.0 Å². The number of ether oxygens (including phenoxy) is 4. The Balaban J connectivity index is 2.23. The summed E-state index contributed by atoms with van der Waals surface area (Å²) in [4.78, 5) is 0.0103. The highest BCUT2D eigenvalue weighted by atomic mass is 32.2. The summed E-state index contributed by atoms with van der Waals surface area (Å²) in [6.45, 7) is 3.92. The number of sulfonamides is 1. The van der Waals surface area contributed by atoms with E-state index >= 15 is 0 Å². The summed E-state index contributed by atoms with van der Waals surface area (Å²) in [5.74, 6) is 1.81. The molecule has 0 atom stereocenters. The Morgan fingerprint density at radius 3 is 2.15 bits per heavy atom.